The Hall–Kier alpha value is -1.82. The lowest BCUT2D eigenvalue weighted by Gasteiger charge is -2.15. The molecular formula is C18H14O6S4. The summed E-state index contributed by atoms with van der Waals surface area (Å²) in [7, 11) is -9.54. The van der Waals surface area contributed by atoms with E-state index in [4.69, 9.17) is 0 Å². The summed E-state index contributed by atoms with van der Waals surface area (Å²) in [5, 5.41) is 0. The zero-order valence-electron chi connectivity index (χ0n) is 14.1. The average Bonchev–Trinajstić information content (AvgIpc) is 2.61. The van der Waals surface area contributed by atoms with Crippen LogP contribution in [0.2, 0.25) is 0 Å². The van der Waals surface area contributed by atoms with E-state index in [0.717, 1.165) is 29.6 Å². The van der Waals surface area contributed by atoms with Gasteiger partial charge in [-0.15, -0.1) is 0 Å². The molecule has 0 radical (unpaired) electrons. The second kappa shape index (κ2) is 8.27. The summed E-state index contributed by atoms with van der Waals surface area (Å²) >= 11 is 1.88. The van der Waals surface area contributed by atoms with Crippen molar-refractivity contribution in [3.8, 4) is 0 Å². The van der Waals surface area contributed by atoms with Gasteiger partial charge in [0.1, 0.15) is 9.79 Å². The molecule has 28 heavy (non-hydrogen) atoms. The van der Waals surface area contributed by atoms with Gasteiger partial charge in [-0.1, -0.05) is 59.9 Å². The first-order valence-electron chi connectivity index (χ1n) is 7.74. The Morgan fingerprint density at radius 2 is 1.11 bits per heavy atom. The van der Waals surface area contributed by atoms with Crippen molar-refractivity contribution in [1.29, 1.82) is 0 Å². The van der Waals surface area contributed by atoms with Crippen LogP contribution in [0.5, 0.6) is 0 Å². The number of rotatable bonds is 6. The summed E-state index contributed by atoms with van der Waals surface area (Å²) in [6.45, 7) is 0. The fourth-order valence-electron chi connectivity index (χ4n) is 2.37. The van der Waals surface area contributed by atoms with Gasteiger partial charge < -0.3 is 0 Å². The molecule has 0 saturated heterocycles. The van der Waals surface area contributed by atoms with Crippen LogP contribution in [0.25, 0.3) is 0 Å². The minimum Gasteiger partial charge on any atom is -0.282 e. The lowest BCUT2D eigenvalue weighted by Crippen LogP contribution is -2.08. The Labute approximate surface area is 171 Å². The summed E-state index contributed by atoms with van der Waals surface area (Å²) in [5.74, 6) is 0. The van der Waals surface area contributed by atoms with E-state index in [0.29, 0.717) is 9.79 Å². The second-order valence-corrected chi connectivity index (χ2v) is 10.4. The van der Waals surface area contributed by atoms with Crippen LogP contribution in [-0.4, -0.2) is 25.9 Å². The molecule has 6 nitrogen and oxygen atoms in total. The van der Waals surface area contributed by atoms with Crippen LogP contribution >= 0.6 is 23.5 Å². The van der Waals surface area contributed by atoms with Crippen LogP contribution in [0, 0.1) is 0 Å². The molecule has 0 spiro atoms. The van der Waals surface area contributed by atoms with Gasteiger partial charge in [0.25, 0.3) is 20.2 Å². The molecule has 146 valence electrons. The van der Waals surface area contributed by atoms with Crippen LogP contribution in [-0.2, 0) is 20.2 Å². The Bertz CT molecular complexity index is 1190. The maximum atomic E-state index is 12.2. The molecule has 0 bridgehead atoms. The predicted octanol–water partition coefficient (Wildman–Crippen LogP) is 4.48. The largest absolute Gasteiger partial charge is 0.296 e. The first kappa shape index (κ1) is 20.9. The van der Waals surface area contributed by atoms with Crippen LogP contribution in [0.1, 0.15) is 0 Å². The Morgan fingerprint density at radius 1 is 0.607 bits per heavy atom. The molecule has 3 rings (SSSR count). The average molecular weight is 455 g/mol. The smallest absolute Gasteiger partial charge is 0.282 e. The molecular weight excluding hydrogens is 440 g/mol. The molecule has 3 aromatic rings. The van der Waals surface area contributed by atoms with Crippen molar-refractivity contribution in [2.24, 2.45) is 0 Å². The lowest BCUT2D eigenvalue weighted by molar-refractivity contribution is 0.473. The molecule has 0 atom stereocenters. The van der Waals surface area contributed by atoms with Gasteiger partial charge in [0.15, 0.2) is 0 Å². The summed E-state index contributed by atoms with van der Waals surface area (Å²) < 4.78 is 67.5. The van der Waals surface area contributed by atoms with E-state index in [1.54, 1.807) is 60.7 Å². The molecule has 0 heterocycles. The van der Waals surface area contributed by atoms with Gasteiger partial charge in [0, 0.05) is 14.7 Å². The summed E-state index contributed by atoms with van der Waals surface area (Å²) in [6.07, 6.45) is 0. The van der Waals surface area contributed by atoms with E-state index in [1.807, 2.05) is 0 Å². The van der Waals surface area contributed by atoms with Gasteiger partial charge in [-0.25, -0.2) is 0 Å². The van der Waals surface area contributed by atoms with Crippen molar-refractivity contribution in [1.82, 2.24) is 0 Å². The van der Waals surface area contributed by atoms with Gasteiger partial charge in [-0.05, 0) is 36.4 Å². The third-order valence-corrected chi connectivity index (χ3v) is 7.94. The predicted molar refractivity (Wildman–Crippen MR) is 107 cm³/mol. The number of hydrogen-bond acceptors (Lipinski definition) is 6. The molecule has 0 aromatic heterocycles. The van der Waals surface area contributed by atoms with Crippen LogP contribution in [0.3, 0.4) is 0 Å². The third kappa shape index (κ3) is 4.96. The van der Waals surface area contributed by atoms with Crippen LogP contribution in [0.4, 0.5) is 0 Å². The monoisotopic (exact) mass is 454 g/mol. The van der Waals surface area contributed by atoms with E-state index in [1.165, 1.54) is 6.07 Å². The first-order chi connectivity index (χ1) is 13.2. The highest BCUT2D eigenvalue weighted by Gasteiger charge is 2.29. The highest BCUT2D eigenvalue weighted by atomic mass is 32.2. The minimum absolute atomic E-state index is 0.138. The van der Waals surface area contributed by atoms with Crippen molar-refractivity contribution in [3.05, 3.63) is 72.8 Å². The van der Waals surface area contributed by atoms with Gasteiger partial charge in [-0.3, -0.25) is 9.11 Å². The van der Waals surface area contributed by atoms with Gasteiger partial charge >= 0.3 is 0 Å². The fourth-order valence-corrected chi connectivity index (χ4v) is 6.85. The van der Waals surface area contributed by atoms with Crippen LogP contribution in [0.15, 0.2) is 102 Å². The summed E-state index contributed by atoms with van der Waals surface area (Å²) in [6, 6.07) is 19.7. The van der Waals surface area contributed by atoms with E-state index < -0.39 is 30.0 Å². The summed E-state index contributed by atoms with van der Waals surface area (Å²) in [5.41, 5.74) is 0. The van der Waals surface area contributed by atoms with Crippen molar-refractivity contribution in [2.45, 2.75) is 29.4 Å². The Morgan fingerprint density at radius 3 is 1.57 bits per heavy atom. The van der Waals surface area contributed by atoms with Gasteiger partial charge in [-0.2, -0.15) is 16.8 Å². The zero-order valence-corrected chi connectivity index (χ0v) is 17.4. The number of benzene rings is 3. The van der Waals surface area contributed by atoms with Crippen molar-refractivity contribution < 1.29 is 25.9 Å². The van der Waals surface area contributed by atoms with E-state index in [-0.39, 0.29) is 9.79 Å². The summed E-state index contributed by atoms with van der Waals surface area (Å²) in [4.78, 5) is -0.0461. The molecule has 0 aliphatic rings. The third-order valence-electron chi connectivity index (χ3n) is 3.51. The molecule has 2 N–H and O–H groups in total. The van der Waals surface area contributed by atoms with Crippen molar-refractivity contribution >= 4 is 43.8 Å². The highest BCUT2D eigenvalue weighted by molar-refractivity contribution is 8.01. The Balaban J connectivity index is 2.27. The zero-order chi connectivity index (χ0) is 20.4. The topological polar surface area (TPSA) is 109 Å². The van der Waals surface area contributed by atoms with E-state index in [2.05, 4.69) is 0 Å². The molecule has 0 aliphatic heterocycles. The van der Waals surface area contributed by atoms with Crippen LogP contribution < -0.4 is 0 Å². The highest BCUT2D eigenvalue weighted by Crippen LogP contribution is 2.43. The maximum Gasteiger partial charge on any atom is 0.296 e. The minimum atomic E-state index is -4.80. The van der Waals surface area contributed by atoms with Crippen molar-refractivity contribution in [2.75, 3.05) is 0 Å². The molecule has 0 amide bonds. The lowest BCUT2D eigenvalue weighted by atomic mass is 10.3. The van der Waals surface area contributed by atoms with Gasteiger partial charge in [0.05, 0.1) is 4.90 Å². The molecule has 0 fully saturated rings. The van der Waals surface area contributed by atoms with Crippen molar-refractivity contribution in [3.63, 3.8) is 0 Å². The molecule has 0 saturated carbocycles. The second-order valence-electron chi connectivity index (χ2n) is 5.50. The molecule has 10 heteroatoms. The molecule has 0 aliphatic carbocycles. The normalized spacial score (nSPS) is 12.1. The number of hydrogen-bond donors (Lipinski definition) is 2. The maximum absolute atomic E-state index is 12.2. The van der Waals surface area contributed by atoms with Gasteiger partial charge in [0.2, 0.25) is 0 Å². The quantitative estimate of drug-likeness (QED) is 0.525. The Kier molecular flexibility index (Phi) is 6.18. The molecule has 0 unspecified atom stereocenters. The fraction of sp³-hybridized carbons (Fsp3) is 0. The van der Waals surface area contributed by atoms with E-state index in [9.17, 15) is 25.9 Å². The first-order valence-corrected chi connectivity index (χ1v) is 12.3. The molecule has 3 aromatic carbocycles. The SMILES string of the molecule is O=S(=O)(O)c1ccc(Sc2ccccc2)c(S(=O)(=O)O)c1Sc1ccccc1. The standard InChI is InChI=1S/C18H14O6S4/c19-27(20,21)16-12-11-15(25-13-7-3-1-4-8-13)18(28(22,23)24)17(16)26-14-9-5-2-6-10-14/h1-12H,(H,19,20,21)(H,22,23,24). The van der Waals surface area contributed by atoms with E-state index >= 15 is 0 Å².